The first-order valence-corrected chi connectivity index (χ1v) is 6.18. The van der Waals surface area contributed by atoms with Gasteiger partial charge in [-0.1, -0.05) is 20.8 Å². The second-order valence-electron chi connectivity index (χ2n) is 5.77. The van der Waals surface area contributed by atoms with Crippen LogP contribution in [0.3, 0.4) is 0 Å². The zero-order chi connectivity index (χ0) is 14.8. The van der Waals surface area contributed by atoms with Crippen molar-refractivity contribution >= 4 is 17.7 Å². The maximum absolute atomic E-state index is 12.2. The fourth-order valence-electron chi connectivity index (χ4n) is 2.10. The minimum absolute atomic E-state index is 0.0955. The summed E-state index contributed by atoms with van der Waals surface area (Å²) in [5.74, 6) is -1.17. The highest BCUT2D eigenvalue weighted by Gasteiger charge is 2.47. The van der Waals surface area contributed by atoms with Gasteiger partial charge in [0.15, 0.2) is 6.04 Å². The molecule has 2 atom stereocenters. The largest absolute Gasteiger partial charge is 0.467 e. The molecule has 1 amide bonds. The van der Waals surface area contributed by atoms with Gasteiger partial charge in [0.2, 0.25) is 5.91 Å². The zero-order valence-corrected chi connectivity index (χ0v) is 12.1. The van der Waals surface area contributed by atoms with Crippen molar-refractivity contribution < 1.29 is 23.9 Å². The Hall–Kier alpha value is -1.43. The van der Waals surface area contributed by atoms with Crippen molar-refractivity contribution in [1.29, 1.82) is 0 Å². The molecule has 0 bridgehead atoms. The van der Waals surface area contributed by atoms with Gasteiger partial charge in [-0.3, -0.25) is 14.5 Å². The minimum Gasteiger partial charge on any atom is -0.467 e. The van der Waals surface area contributed by atoms with Gasteiger partial charge in [0.25, 0.3) is 0 Å². The van der Waals surface area contributed by atoms with Crippen molar-refractivity contribution in [3.63, 3.8) is 0 Å². The van der Waals surface area contributed by atoms with Crippen LogP contribution in [-0.2, 0) is 23.9 Å². The van der Waals surface area contributed by atoms with Crippen molar-refractivity contribution in [1.82, 2.24) is 4.90 Å². The molecular weight excluding hydrogens is 250 g/mol. The molecule has 1 heterocycles. The van der Waals surface area contributed by atoms with Crippen molar-refractivity contribution in [2.75, 3.05) is 13.7 Å². The number of ketones is 1. The highest BCUT2D eigenvalue weighted by Crippen LogP contribution is 2.32. The first-order valence-electron chi connectivity index (χ1n) is 6.18. The molecule has 1 saturated heterocycles. The van der Waals surface area contributed by atoms with Gasteiger partial charge in [-0.05, 0) is 6.92 Å². The molecule has 1 unspecified atom stereocenters. The molecule has 1 fully saturated rings. The molecule has 0 N–H and O–H groups in total. The predicted octanol–water partition coefficient (Wildman–Crippen LogP) is 0.738. The van der Waals surface area contributed by atoms with E-state index < -0.39 is 24.1 Å². The van der Waals surface area contributed by atoms with Crippen LogP contribution in [0.2, 0.25) is 0 Å². The number of ether oxygens (including phenoxy) is 2. The average Bonchev–Trinajstić information content (AvgIpc) is 2.70. The molecule has 0 aromatic carbocycles. The van der Waals surface area contributed by atoms with Gasteiger partial charge in [0.1, 0.15) is 12.0 Å². The molecule has 0 radical (unpaired) electrons. The number of rotatable bonds is 3. The smallest absolute Gasteiger partial charge is 0.331 e. The van der Waals surface area contributed by atoms with Crippen molar-refractivity contribution in [2.24, 2.45) is 5.41 Å². The Balaban J connectivity index is 3.01. The van der Waals surface area contributed by atoms with Gasteiger partial charge in [-0.25, -0.2) is 4.79 Å². The summed E-state index contributed by atoms with van der Waals surface area (Å²) >= 11 is 0. The van der Waals surface area contributed by atoms with Gasteiger partial charge in [0.05, 0.1) is 20.1 Å². The number of nitrogens with zero attached hydrogens (tertiary/aromatic N) is 1. The van der Waals surface area contributed by atoms with Gasteiger partial charge in [-0.15, -0.1) is 0 Å². The third kappa shape index (κ3) is 3.53. The van der Waals surface area contributed by atoms with Crippen LogP contribution >= 0.6 is 0 Å². The SMILES string of the molecule is COC(=O)C1CO[C@@H](C(C)(C)C)N1C(=O)CC(C)=O. The van der Waals surface area contributed by atoms with Crippen molar-refractivity contribution in [3.05, 3.63) is 0 Å². The number of hydrogen-bond acceptors (Lipinski definition) is 5. The second kappa shape index (κ2) is 5.69. The second-order valence-corrected chi connectivity index (χ2v) is 5.77. The molecule has 0 aromatic rings. The lowest BCUT2D eigenvalue weighted by molar-refractivity contribution is -0.156. The topological polar surface area (TPSA) is 72.9 Å². The molecule has 0 aromatic heterocycles. The Morgan fingerprint density at radius 1 is 1.32 bits per heavy atom. The molecule has 6 nitrogen and oxygen atoms in total. The maximum Gasteiger partial charge on any atom is 0.331 e. The van der Waals surface area contributed by atoms with Crippen LogP contribution in [0.4, 0.5) is 0 Å². The standard InChI is InChI=1S/C13H21NO5/c1-8(15)6-10(16)14-9(11(17)18-5)7-19-12(14)13(2,3)4/h9,12H,6-7H2,1-5H3/t9?,12-/m0/s1. The van der Waals surface area contributed by atoms with E-state index in [2.05, 4.69) is 4.74 Å². The van der Waals surface area contributed by atoms with Crippen LogP contribution in [0.25, 0.3) is 0 Å². The highest BCUT2D eigenvalue weighted by molar-refractivity contribution is 5.98. The fourth-order valence-corrected chi connectivity index (χ4v) is 2.10. The van der Waals surface area contributed by atoms with Crippen LogP contribution in [0.1, 0.15) is 34.1 Å². The van der Waals surface area contributed by atoms with Crippen LogP contribution in [0.5, 0.6) is 0 Å². The number of hydrogen-bond donors (Lipinski definition) is 0. The lowest BCUT2D eigenvalue weighted by Crippen LogP contribution is -2.50. The summed E-state index contributed by atoms with van der Waals surface area (Å²) in [5, 5.41) is 0. The van der Waals surface area contributed by atoms with Gasteiger partial charge in [0, 0.05) is 5.41 Å². The summed E-state index contributed by atoms with van der Waals surface area (Å²) in [7, 11) is 1.26. The zero-order valence-electron chi connectivity index (χ0n) is 12.1. The molecule has 1 rings (SSSR count). The Labute approximate surface area is 113 Å². The van der Waals surface area contributed by atoms with Crippen molar-refractivity contribution in [2.45, 2.75) is 46.4 Å². The van der Waals surface area contributed by atoms with E-state index in [-0.39, 0.29) is 24.2 Å². The molecule has 0 saturated carbocycles. The number of carbonyl (C=O) groups is 3. The van der Waals surface area contributed by atoms with E-state index in [0.29, 0.717) is 0 Å². The molecule has 19 heavy (non-hydrogen) atoms. The number of carbonyl (C=O) groups excluding carboxylic acids is 3. The normalized spacial score (nSPS) is 23.3. The summed E-state index contributed by atoms with van der Waals surface area (Å²) in [6.07, 6.45) is -0.771. The molecule has 6 heteroatoms. The number of Topliss-reactive ketones (excluding diaryl/α,β-unsaturated/α-hetero) is 1. The lowest BCUT2D eigenvalue weighted by Gasteiger charge is -2.35. The fraction of sp³-hybridized carbons (Fsp3) is 0.769. The summed E-state index contributed by atoms with van der Waals surface area (Å²) in [6, 6.07) is -0.777. The minimum atomic E-state index is -0.777. The number of esters is 1. The number of methoxy groups -OCH3 is 1. The van der Waals surface area contributed by atoms with E-state index in [4.69, 9.17) is 4.74 Å². The highest BCUT2D eigenvalue weighted by atomic mass is 16.5. The monoisotopic (exact) mass is 271 g/mol. The first kappa shape index (κ1) is 15.6. The van der Waals surface area contributed by atoms with E-state index in [1.54, 1.807) is 0 Å². The van der Waals surface area contributed by atoms with Crippen molar-refractivity contribution in [3.8, 4) is 0 Å². The number of amides is 1. The van der Waals surface area contributed by atoms with Crippen LogP contribution in [0.15, 0.2) is 0 Å². The average molecular weight is 271 g/mol. The molecular formula is C13H21NO5. The third-order valence-electron chi connectivity index (χ3n) is 2.90. The quantitative estimate of drug-likeness (QED) is 0.559. The summed E-state index contributed by atoms with van der Waals surface area (Å²) in [5.41, 5.74) is -0.352. The summed E-state index contributed by atoms with van der Waals surface area (Å²) in [6.45, 7) is 7.16. The van der Waals surface area contributed by atoms with E-state index in [1.807, 2.05) is 20.8 Å². The Morgan fingerprint density at radius 3 is 2.32 bits per heavy atom. The predicted molar refractivity (Wildman–Crippen MR) is 67.1 cm³/mol. The molecule has 0 aliphatic carbocycles. The van der Waals surface area contributed by atoms with Gasteiger partial charge < -0.3 is 9.47 Å². The first-order chi connectivity index (χ1) is 8.68. The van der Waals surface area contributed by atoms with E-state index in [9.17, 15) is 14.4 Å². The van der Waals surface area contributed by atoms with Crippen LogP contribution < -0.4 is 0 Å². The Bertz CT molecular complexity index is 385. The molecule has 1 aliphatic rings. The van der Waals surface area contributed by atoms with Crippen LogP contribution in [-0.4, -0.2) is 48.5 Å². The van der Waals surface area contributed by atoms with Gasteiger partial charge >= 0.3 is 5.97 Å². The third-order valence-corrected chi connectivity index (χ3v) is 2.90. The maximum atomic E-state index is 12.2. The van der Waals surface area contributed by atoms with Crippen LogP contribution in [0, 0.1) is 5.41 Å². The Morgan fingerprint density at radius 2 is 1.89 bits per heavy atom. The van der Waals surface area contributed by atoms with E-state index in [1.165, 1.54) is 18.9 Å². The summed E-state index contributed by atoms with van der Waals surface area (Å²) < 4.78 is 10.2. The summed E-state index contributed by atoms with van der Waals surface area (Å²) in [4.78, 5) is 36.3. The molecule has 1 aliphatic heterocycles. The van der Waals surface area contributed by atoms with Gasteiger partial charge in [-0.2, -0.15) is 0 Å². The molecule has 108 valence electrons. The Kier molecular flexibility index (Phi) is 4.68. The molecule has 0 spiro atoms. The van der Waals surface area contributed by atoms with E-state index >= 15 is 0 Å². The lowest BCUT2D eigenvalue weighted by atomic mass is 9.93. The van der Waals surface area contributed by atoms with E-state index in [0.717, 1.165) is 0 Å².